The van der Waals surface area contributed by atoms with Crippen LogP contribution in [0.1, 0.15) is 24.1 Å². The molecular weight excluding hydrogens is 252 g/mol. The minimum absolute atomic E-state index is 0.636. The fourth-order valence-electron chi connectivity index (χ4n) is 3.42. The number of nitrogens with zero attached hydrogens (tertiary/aromatic N) is 1. The van der Waals surface area contributed by atoms with Crippen LogP contribution in [0.2, 0.25) is 0 Å². The number of aryl methyl sites for hydroxylation is 1. The second kappa shape index (κ2) is 5.37. The van der Waals surface area contributed by atoms with Gasteiger partial charge in [0.2, 0.25) is 0 Å². The van der Waals surface area contributed by atoms with Crippen molar-refractivity contribution in [1.29, 1.82) is 0 Å². The predicted molar refractivity (Wildman–Crippen MR) is 80.7 cm³/mol. The van der Waals surface area contributed by atoms with Crippen LogP contribution < -0.4 is 15.2 Å². The molecule has 2 aromatic rings. The van der Waals surface area contributed by atoms with Gasteiger partial charge in [0.05, 0.1) is 19.7 Å². The fourth-order valence-corrected chi connectivity index (χ4v) is 3.42. The standard InChI is InChI=1S/C16H22N2O2/c1-19-13-7-8-14(20-2)16-15(13)11-5-3-4-6-12(11)18(16)10-9-17/h7-8H,3-6,9-10,17H2,1-2H3. The summed E-state index contributed by atoms with van der Waals surface area (Å²) in [6.45, 7) is 1.46. The van der Waals surface area contributed by atoms with E-state index in [4.69, 9.17) is 15.2 Å². The van der Waals surface area contributed by atoms with E-state index in [1.165, 1.54) is 29.5 Å². The van der Waals surface area contributed by atoms with E-state index in [9.17, 15) is 0 Å². The molecule has 0 radical (unpaired) electrons. The molecule has 2 N–H and O–H groups in total. The zero-order chi connectivity index (χ0) is 14.1. The van der Waals surface area contributed by atoms with Gasteiger partial charge in [-0.25, -0.2) is 0 Å². The molecule has 1 aromatic heterocycles. The summed E-state index contributed by atoms with van der Waals surface area (Å²) < 4.78 is 13.5. The van der Waals surface area contributed by atoms with Gasteiger partial charge >= 0.3 is 0 Å². The van der Waals surface area contributed by atoms with Crippen LogP contribution in [0.4, 0.5) is 0 Å². The Bertz CT molecular complexity index is 631. The third-order valence-corrected chi connectivity index (χ3v) is 4.23. The van der Waals surface area contributed by atoms with Crippen LogP contribution in [0.25, 0.3) is 10.9 Å². The number of fused-ring (bicyclic) bond motifs is 3. The summed E-state index contributed by atoms with van der Waals surface area (Å²) in [6.07, 6.45) is 4.73. The number of ether oxygens (including phenoxy) is 2. The minimum Gasteiger partial charge on any atom is -0.496 e. The van der Waals surface area contributed by atoms with Gasteiger partial charge in [-0.05, 0) is 43.4 Å². The van der Waals surface area contributed by atoms with Crippen molar-refractivity contribution in [1.82, 2.24) is 4.57 Å². The smallest absolute Gasteiger partial charge is 0.143 e. The Morgan fingerprint density at radius 2 is 1.80 bits per heavy atom. The summed E-state index contributed by atoms with van der Waals surface area (Å²) in [7, 11) is 3.46. The lowest BCUT2D eigenvalue weighted by molar-refractivity contribution is 0.408. The Kier molecular flexibility index (Phi) is 3.57. The summed E-state index contributed by atoms with van der Waals surface area (Å²) in [4.78, 5) is 0. The quantitative estimate of drug-likeness (QED) is 0.932. The van der Waals surface area contributed by atoms with Gasteiger partial charge in [-0.3, -0.25) is 0 Å². The van der Waals surface area contributed by atoms with Crippen molar-refractivity contribution in [2.45, 2.75) is 32.2 Å². The van der Waals surface area contributed by atoms with E-state index >= 15 is 0 Å². The van der Waals surface area contributed by atoms with Gasteiger partial charge in [0, 0.05) is 24.2 Å². The first-order valence-electron chi connectivity index (χ1n) is 7.26. The van der Waals surface area contributed by atoms with Gasteiger partial charge in [0.25, 0.3) is 0 Å². The molecule has 0 atom stereocenters. The molecular formula is C16H22N2O2. The van der Waals surface area contributed by atoms with Crippen LogP contribution in [0.3, 0.4) is 0 Å². The van der Waals surface area contributed by atoms with Crippen molar-refractivity contribution in [3.63, 3.8) is 0 Å². The number of benzene rings is 1. The zero-order valence-electron chi connectivity index (χ0n) is 12.2. The normalized spacial score (nSPS) is 14.3. The van der Waals surface area contributed by atoms with Crippen molar-refractivity contribution in [2.24, 2.45) is 5.73 Å². The molecule has 108 valence electrons. The molecule has 3 rings (SSSR count). The van der Waals surface area contributed by atoms with Crippen LogP contribution >= 0.6 is 0 Å². The van der Waals surface area contributed by atoms with E-state index in [0.717, 1.165) is 36.4 Å². The van der Waals surface area contributed by atoms with Crippen molar-refractivity contribution in [3.8, 4) is 11.5 Å². The third kappa shape index (κ3) is 1.86. The Labute approximate surface area is 119 Å². The maximum absolute atomic E-state index is 5.81. The maximum Gasteiger partial charge on any atom is 0.143 e. The first-order chi connectivity index (χ1) is 9.81. The lowest BCUT2D eigenvalue weighted by Crippen LogP contribution is -2.14. The molecule has 4 nitrogen and oxygen atoms in total. The Hall–Kier alpha value is -1.68. The van der Waals surface area contributed by atoms with E-state index < -0.39 is 0 Å². The van der Waals surface area contributed by atoms with E-state index in [1.807, 2.05) is 12.1 Å². The molecule has 0 amide bonds. The van der Waals surface area contributed by atoms with Gasteiger partial charge in [0.15, 0.2) is 0 Å². The molecule has 1 aromatic carbocycles. The molecule has 20 heavy (non-hydrogen) atoms. The highest BCUT2D eigenvalue weighted by Gasteiger charge is 2.24. The summed E-state index contributed by atoms with van der Waals surface area (Å²) in [5.41, 5.74) is 9.80. The zero-order valence-corrected chi connectivity index (χ0v) is 12.2. The molecule has 0 spiro atoms. The van der Waals surface area contributed by atoms with E-state index in [1.54, 1.807) is 14.2 Å². The lowest BCUT2D eigenvalue weighted by atomic mass is 9.95. The molecule has 1 heterocycles. The van der Waals surface area contributed by atoms with Crippen molar-refractivity contribution in [3.05, 3.63) is 23.4 Å². The van der Waals surface area contributed by atoms with Gasteiger partial charge < -0.3 is 19.8 Å². The number of methoxy groups -OCH3 is 2. The van der Waals surface area contributed by atoms with E-state index in [0.29, 0.717) is 6.54 Å². The number of hydrogen-bond acceptors (Lipinski definition) is 3. The molecule has 0 bridgehead atoms. The third-order valence-electron chi connectivity index (χ3n) is 4.23. The summed E-state index contributed by atoms with van der Waals surface area (Å²) in [6, 6.07) is 3.99. The summed E-state index contributed by atoms with van der Waals surface area (Å²) in [5, 5.41) is 1.22. The SMILES string of the molecule is COc1ccc(OC)c2c1c1c(n2CCN)CCCC1. The highest BCUT2D eigenvalue weighted by Crippen LogP contribution is 2.41. The second-order valence-corrected chi connectivity index (χ2v) is 5.27. The Balaban J connectivity index is 2.38. The molecule has 0 fully saturated rings. The van der Waals surface area contributed by atoms with E-state index in [2.05, 4.69) is 4.57 Å². The predicted octanol–water partition coefficient (Wildman–Crippen LogP) is 2.50. The fraction of sp³-hybridized carbons (Fsp3) is 0.500. The first kappa shape index (κ1) is 13.3. The van der Waals surface area contributed by atoms with Crippen LogP contribution in [-0.2, 0) is 19.4 Å². The van der Waals surface area contributed by atoms with Gasteiger partial charge in [-0.15, -0.1) is 0 Å². The largest absolute Gasteiger partial charge is 0.496 e. The lowest BCUT2D eigenvalue weighted by Gasteiger charge is -2.15. The molecule has 0 aliphatic heterocycles. The number of hydrogen-bond donors (Lipinski definition) is 1. The molecule has 4 heteroatoms. The van der Waals surface area contributed by atoms with Crippen LogP contribution in [0.5, 0.6) is 11.5 Å². The summed E-state index contributed by atoms with van der Waals surface area (Å²) in [5.74, 6) is 1.85. The topological polar surface area (TPSA) is 49.4 Å². The van der Waals surface area contributed by atoms with Crippen LogP contribution in [0.15, 0.2) is 12.1 Å². The number of nitrogens with two attached hydrogens (primary N) is 1. The van der Waals surface area contributed by atoms with Gasteiger partial charge in [0.1, 0.15) is 11.5 Å². The molecule has 1 aliphatic carbocycles. The average molecular weight is 274 g/mol. The van der Waals surface area contributed by atoms with Crippen LogP contribution in [0, 0.1) is 0 Å². The van der Waals surface area contributed by atoms with E-state index in [-0.39, 0.29) is 0 Å². The Morgan fingerprint density at radius 1 is 1.10 bits per heavy atom. The Morgan fingerprint density at radius 3 is 2.50 bits per heavy atom. The number of rotatable bonds is 4. The molecule has 1 aliphatic rings. The molecule has 0 saturated heterocycles. The highest BCUT2D eigenvalue weighted by molar-refractivity contribution is 5.95. The first-order valence-corrected chi connectivity index (χ1v) is 7.26. The van der Waals surface area contributed by atoms with Crippen molar-refractivity contribution in [2.75, 3.05) is 20.8 Å². The van der Waals surface area contributed by atoms with Gasteiger partial charge in [-0.2, -0.15) is 0 Å². The van der Waals surface area contributed by atoms with Crippen molar-refractivity contribution >= 4 is 10.9 Å². The average Bonchev–Trinajstić information content (AvgIpc) is 2.82. The maximum atomic E-state index is 5.81. The summed E-state index contributed by atoms with van der Waals surface area (Å²) >= 11 is 0. The molecule has 0 saturated carbocycles. The second-order valence-electron chi connectivity index (χ2n) is 5.27. The number of aromatic nitrogens is 1. The van der Waals surface area contributed by atoms with Gasteiger partial charge in [-0.1, -0.05) is 0 Å². The minimum atomic E-state index is 0.636. The highest BCUT2D eigenvalue weighted by atomic mass is 16.5. The molecule has 0 unspecified atom stereocenters. The van der Waals surface area contributed by atoms with Crippen molar-refractivity contribution < 1.29 is 9.47 Å². The monoisotopic (exact) mass is 274 g/mol. The van der Waals surface area contributed by atoms with Crippen LogP contribution in [-0.4, -0.2) is 25.3 Å².